The van der Waals surface area contributed by atoms with E-state index in [9.17, 15) is 9.90 Å². The number of para-hydroxylation sites is 1. The Labute approximate surface area is 123 Å². The van der Waals surface area contributed by atoms with Crippen LogP contribution in [0.4, 0.5) is 0 Å². The van der Waals surface area contributed by atoms with Crippen LogP contribution in [0.15, 0.2) is 48.5 Å². The molecule has 0 amide bonds. The summed E-state index contributed by atoms with van der Waals surface area (Å²) in [5, 5.41) is 9.51. The highest BCUT2D eigenvalue weighted by atomic mass is 16.5. The van der Waals surface area contributed by atoms with Gasteiger partial charge < -0.3 is 14.6 Å². The van der Waals surface area contributed by atoms with Gasteiger partial charge in [0.15, 0.2) is 0 Å². The summed E-state index contributed by atoms with van der Waals surface area (Å²) in [5.41, 5.74) is 1.62. The van der Waals surface area contributed by atoms with E-state index < -0.39 is 11.9 Å². The zero-order chi connectivity index (χ0) is 15.2. The van der Waals surface area contributed by atoms with Crippen LogP contribution in [0.2, 0.25) is 0 Å². The molecule has 21 heavy (non-hydrogen) atoms. The number of benzene rings is 2. The van der Waals surface area contributed by atoms with Crippen molar-refractivity contribution >= 4 is 5.97 Å². The van der Waals surface area contributed by atoms with Gasteiger partial charge in [-0.15, -0.1) is 0 Å². The first-order valence-electron chi connectivity index (χ1n) is 6.64. The topological polar surface area (TPSA) is 55.8 Å². The molecular weight excluding hydrogens is 268 g/mol. The highest BCUT2D eigenvalue weighted by Gasteiger charge is 2.21. The quantitative estimate of drug-likeness (QED) is 0.886. The van der Waals surface area contributed by atoms with Crippen LogP contribution < -0.4 is 9.47 Å². The number of methoxy groups -OCH3 is 2. The van der Waals surface area contributed by atoms with Crippen molar-refractivity contribution in [3.63, 3.8) is 0 Å². The number of aliphatic carboxylic acids is 1. The standard InChI is InChI=1S/C17H18O4/c1-20-14-9-7-12(8-10-14)15(17(18)19)11-13-5-3-4-6-16(13)21-2/h3-10,15H,11H2,1-2H3,(H,18,19). The first-order valence-corrected chi connectivity index (χ1v) is 6.64. The SMILES string of the molecule is COc1ccc(C(Cc2ccccc2OC)C(=O)O)cc1. The molecule has 0 heterocycles. The Balaban J connectivity index is 2.28. The molecule has 110 valence electrons. The van der Waals surface area contributed by atoms with Crippen molar-refractivity contribution in [2.24, 2.45) is 0 Å². The number of rotatable bonds is 6. The zero-order valence-corrected chi connectivity index (χ0v) is 12.1. The number of carbonyl (C=O) groups is 1. The first kappa shape index (κ1) is 14.9. The average Bonchev–Trinajstić information content (AvgIpc) is 2.53. The van der Waals surface area contributed by atoms with Gasteiger partial charge in [0.2, 0.25) is 0 Å². The van der Waals surface area contributed by atoms with E-state index in [4.69, 9.17) is 9.47 Å². The smallest absolute Gasteiger partial charge is 0.311 e. The molecule has 0 radical (unpaired) electrons. The average molecular weight is 286 g/mol. The molecule has 1 N–H and O–H groups in total. The van der Waals surface area contributed by atoms with Gasteiger partial charge in [0.1, 0.15) is 11.5 Å². The second-order valence-electron chi connectivity index (χ2n) is 4.68. The van der Waals surface area contributed by atoms with Crippen LogP contribution in [-0.2, 0) is 11.2 Å². The zero-order valence-electron chi connectivity index (χ0n) is 12.1. The molecule has 2 rings (SSSR count). The largest absolute Gasteiger partial charge is 0.497 e. The summed E-state index contributed by atoms with van der Waals surface area (Å²) in [6.45, 7) is 0. The third-order valence-electron chi connectivity index (χ3n) is 3.43. The number of carboxylic acid groups (broad SMARTS) is 1. The lowest BCUT2D eigenvalue weighted by Gasteiger charge is -2.15. The molecule has 0 aromatic heterocycles. The van der Waals surface area contributed by atoms with E-state index in [1.807, 2.05) is 24.3 Å². The van der Waals surface area contributed by atoms with Gasteiger partial charge in [-0.2, -0.15) is 0 Å². The lowest BCUT2D eigenvalue weighted by molar-refractivity contribution is -0.138. The lowest BCUT2D eigenvalue weighted by Crippen LogP contribution is -2.15. The summed E-state index contributed by atoms with van der Waals surface area (Å²) >= 11 is 0. The molecule has 2 aromatic carbocycles. The number of hydrogen-bond acceptors (Lipinski definition) is 3. The molecule has 0 bridgehead atoms. The normalized spacial score (nSPS) is 11.7. The van der Waals surface area contributed by atoms with Crippen molar-refractivity contribution in [2.75, 3.05) is 14.2 Å². The number of carboxylic acids is 1. The second-order valence-corrected chi connectivity index (χ2v) is 4.68. The van der Waals surface area contributed by atoms with E-state index in [2.05, 4.69) is 0 Å². The molecule has 0 fully saturated rings. The van der Waals surface area contributed by atoms with Crippen molar-refractivity contribution in [2.45, 2.75) is 12.3 Å². The third-order valence-corrected chi connectivity index (χ3v) is 3.43. The summed E-state index contributed by atoms with van der Waals surface area (Å²) < 4.78 is 10.4. The fourth-order valence-electron chi connectivity index (χ4n) is 2.28. The van der Waals surface area contributed by atoms with Crippen molar-refractivity contribution in [3.05, 3.63) is 59.7 Å². The highest BCUT2D eigenvalue weighted by Crippen LogP contribution is 2.27. The molecule has 2 aromatic rings. The summed E-state index contributed by atoms with van der Waals surface area (Å²) in [7, 11) is 3.17. The van der Waals surface area contributed by atoms with E-state index in [0.717, 1.165) is 11.1 Å². The van der Waals surface area contributed by atoms with Crippen molar-refractivity contribution in [1.29, 1.82) is 0 Å². The minimum absolute atomic E-state index is 0.381. The molecule has 1 unspecified atom stereocenters. The van der Waals surface area contributed by atoms with Crippen LogP contribution in [0.3, 0.4) is 0 Å². The second kappa shape index (κ2) is 6.79. The Bertz CT molecular complexity index is 604. The minimum Gasteiger partial charge on any atom is -0.497 e. The van der Waals surface area contributed by atoms with Crippen LogP contribution in [0.25, 0.3) is 0 Å². The summed E-state index contributed by atoms with van der Waals surface area (Å²) in [5.74, 6) is -0.0595. The van der Waals surface area contributed by atoms with Crippen LogP contribution in [-0.4, -0.2) is 25.3 Å². The van der Waals surface area contributed by atoms with Crippen LogP contribution in [0.1, 0.15) is 17.0 Å². The molecule has 4 nitrogen and oxygen atoms in total. The van der Waals surface area contributed by atoms with E-state index >= 15 is 0 Å². The van der Waals surface area contributed by atoms with Gasteiger partial charge in [0.25, 0.3) is 0 Å². The maximum Gasteiger partial charge on any atom is 0.311 e. The molecule has 0 saturated carbocycles. The number of ether oxygens (including phenoxy) is 2. The van der Waals surface area contributed by atoms with Gasteiger partial charge >= 0.3 is 5.97 Å². The summed E-state index contributed by atoms with van der Waals surface area (Å²) in [4.78, 5) is 11.6. The molecule has 0 saturated heterocycles. The fourth-order valence-corrected chi connectivity index (χ4v) is 2.28. The molecule has 0 spiro atoms. The maximum absolute atomic E-state index is 11.6. The predicted octanol–water partition coefficient (Wildman–Crippen LogP) is 3.11. The Morgan fingerprint density at radius 1 is 1.05 bits per heavy atom. The Hall–Kier alpha value is -2.49. The monoisotopic (exact) mass is 286 g/mol. The Morgan fingerprint density at radius 3 is 2.29 bits per heavy atom. The maximum atomic E-state index is 11.6. The van der Waals surface area contributed by atoms with Gasteiger partial charge in [-0.1, -0.05) is 30.3 Å². The Morgan fingerprint density at radius 2 is 1.71 bits per heavy atom. The molecule has 4 heteroatoms. The minimum atomic E-state index is -0.855. The van der Waals surface area contributed by atoms with E-state index in [-0.39, 0.29) is 0 Å². The van der Waals surface area contributed by atoms with Crippen LogP contribution in [0, 0.1) is 0 Å². The van der Waals surface area contributed by atoms with Gasteiger partial charge in [-0.05, 0) is 35.7 Å². The van der Waals surface area contributed by atoms with Gasteiger partial charge in [-0.25, -0.2) is 0 Å². The number of hydrogen-bond donors (Lipinski definition) is 1. The van der Waals surface area contributed by atoms with Crippen molar-refractivity contribution in [3.8, 4) is 11.5 Å². The van der Waals surface area contributed by atoms with Gasteiger partial charge in [-0.3, -0.25) is 4.79 Å². The summed E-state index contributed by atoms with van der Waals surface area (Å²) in [6.07, 6.45) is 0.381. The molecule has 0 aliphatic heterocycles. The van der Waals surface area contributed by atoms with Crippen LogP contribution in [0.5, 0.6) is 11.5 Å². The lowest BCUT2D eigenvalue weighted by atomic mass is 9.91. The van der Waals surface area contributed by atoms with Crippen molar-refractivity contribution < 1.29 is 19.4 Å². The van der Waals surface area contributed by atoms with Crippen LogP contribution >= 0.6 is 0 Å². The molecular formula is C17H18O4. The van der Waals surface area contributed by atoms with Gasteiger partial charge in [0.05, 0.1) is 20.1 Å². The highest BCUT2D eigenvalue weighted by molar-refractivity contribution is 5.76. The van der Waals surface area contributed by atoms with Gasteiger partial charge in [0, 0.05) is 0 Å². The predicted molar refractivity (Wildman–Crippen MR) is 80.1 cm³/mol. The van der Waals surface area contributed by atoms with E-state index in [1.165, 1.54) is 0 Å². The first-order chi connectivity index (χ1) is 10.2. The molecule has 1 atom stereocenters. The molecule has 0 aliphatic rings. The Kier molecular flexibility index (Phi) is 4.82. The molecule has 0 aliphatic carbocycles. The third kappa shape index (κ3) is 3.54. The fraction of sp³-hybridized carbons (Fsp3) is 0.235. The van der Waals surface area contributed by atoms with E-state index in [1.54, 1.807) is 38.5 Å². The van der Waals surface area contributed by atoms with Crippen molar-refractivity contribution in [1.82, 2.24) is 0 Å². The van der Waals surface area contributed by atoms with E-state index in [0.29, 0.717) is 17.9 Å². The summed E-state index contributed by atoms with van der Waals surface area (Å²) in [6, 6.07) is 14.6.